The first kappa shape index (κ1) is 17.0. The summed E-state index contributed by atoms with van der Waals surface area (Å²) < 4.78 is 18.4. The third-order valence-electron chi connectivity index (χ3n) is 2.99. The van der Waals surface area contributed by atoms with E-state index in [4.69, 9.17) is 16.3 Å². The van der Waals surface area contributed by atoms with E-state index < -0.39 is 24.3 Å². The van der Waals surface area contributed by atoms with Gasteiger partial charge in [0.25, 0.3) is 5.91 Å². The summed E-state index contributed by atoms with van der Waals surface area (Å²) in [6.45, 7) is 3.31. The summed E-state index contributed by atoms with van der Waals surface area (Å²) in [5, 5.41) is 2.80. The van der Waals surface area contributed by atoms with Crippen molar-refractivity contribution < 1.29 is 18.7 Å². The van der Waals surface area contributed by atoms with E-state index in [2.05, 4.69) is 5.32 Å². The van der Waals surface area contributed by atoms with Gasteiger partial charge in [0.15, 0.2) is 6.61 Å². The zero-order chi connectivity index (χ0) is 17.0. The zero-order valence-corrected chi connectivity index (χ0v) is 13.4. The number of aryl methyl sites for hydroxylation is 2. The number of hydrogen-bond acceptors (Lipinski definition) is 3. The average Bonchev–Trinajstić information content (AvgIpc) is 2.43. The Labute approximate surface area is 138 Å². The van der Waals surface area contributed by atoms with Crippen molar-refractivity contribution in [2.75, 3.05) is 11.9 Å². The Bertz CT molecular complexity index is 741. The van der Waals surface area contributed by atoms with Crippen molar-refractivity contribution in [3.8, 4) is 0 Å². The molecule has 0 bridgehead atoms. The molecule has 0 aromatic heterocycles. The number of hydrogen-bond donors (Lipinski definition) is 1. The van der Waals surface area contributed by atoms with Crippen LogP contribution in [0.5, 0.6) is 0 Å². The fourth-order valence-corrected chi connectivity index (χ4v) is 2.27. The lowest BCUT2D eigenvalue weighted by atomic mass is 10.1. The molecule has 0 aliphatic heterocycles. The molecule has 0 saturated heterocycles. The third-order valence-corrected chi connectivity index (χ3v) is 3.23. The summed E-state index contributed by atoms with van der Waals surface area (Å²) in [6.07, 6.45) is 0. The Balaban J connectivity index is 1.94. The molecular weight excluding hydrogens is 321 g/mol. The number of anilines is 1. The summed E-state index contributed by atoms with van der Waals surface area (Å²) in [5.41, 5.74) is 2.34. The minimum atomic E-state index is -0.922. The molecule has 2 aromatic rings. The van der Waals surface area contributed by atoms with Gasteiger partial charge in [-0.15, -0.1) is 0 Å². The molecular formula is C17H15ClFNO3. The van der Waals surface area contributed by atoms with Crippen LogP contribution >= 0.6 is 11.6 Å². The van der Waals surface area contributed by atoms with Crippen LogP contribution in [0.15, 0.2) is 36.4 Å². The SMILES string of the molecule is Cc1cc(C)cc(NC(=O)COC(=O)c2ccc(Cl)cc2F)c1. The van der Waals surface area contributed by atoms with Crippen LogP contribution in [-0.4, -0.2) is 18.5 Å². The van der Waals surface area contributed by atoms with Gasteiger partial charge in [-0.05, 0) is 55.3 Å². The molecule has 2 aromatic carbocycles. The van der Waals surface area contributed by atoms with E-state index in [1.807, 2.05) is 19.9 Å². The molecule has 4 nitrogen and oxygen atoms in total. The minimum Gasteiger partial charge on any atom is -0.452 e. The molecule has 23 heavy (non-hydrogen) atoms. The van der Waals surface area contributed by atoms with E-state index in [1.165, 1.54) is 12.1 Å². The Kier molecular flexibility index (Phi) is 5.34. The second kappa shape index (κ2) is 7.24. The number of esters is 1. The molecule has 0 fully saturated rings. The smallest absolute Gasteiger partial charge is 0.341 e. The quantitative estimate of drug-likeness (QED) is 0.862. The fraction of sp³-hybridized carbons (Fsp3) is 0.176. The Morgan fingerprint density at radius 1 is 1.13 bits per heavy atom. The lowest BCUT2D eigenvalue weighted by Gasteiger charge is -2.09. The van der Waals surface area contributed by atoms with Crippen molar-refractivity contribution in [2.24, 2.45) is 0 Å². The maximum Gasteiger partial charge on any atom is 0.341 e. The molecule has 0 aliphatic rings. The van der Waals surface area contributed by atoms with Gasteiger partial charge in [0.2, 0.25) is 0 Å². The first-order valence-electron chi connectivity index (χ1n) is 6.85. The fourth-order valence-electron chi connectivity index (χ4n) is 2.11. The highest BCUT2D eigenvalue weighted by atomic mass is 35.5. The van der Waals surface area contributed by atoms with E-state index in [9.17, 15) is 14.0 Å². The molecule has 0 spiro atoms. The Morgan fingerprint density at radius 3 is 2.39 bits per heavy atom. The lowest BCUT2D eigenvalue weighted by Crippen LogP contribution is -2.21. The Hall–Kier alpha value is -2.40. The number of carbonyl (C=O) groups is 2. The van der Waals surface area contributed by atoms with Crippen molar-refractivity contribution in [3.05, 3.63) is 63.9 Å². The molecule has 6 heteroatoms. The molecule has 0 heterocycles. The lowest BCUT2D eigenvalue weighted by molar-refractivity contribution is -0.119. The highest BCUT2D eigenvalue weighted by Crippen LogP contribution is 2.16. The largest absolute Gasteiger partial charge is 0.452 e. The topological polar surface area (TPSA) is 55.4 Å². The number of rotatable bonds is 4. The number of nitrogens with one attached hydrogen (secondary N) is 1. The van der Waals surface area contributed by atoms with Gasteiger partial charge in [-0.3, -0.25) is 4.79 Å². The number of halogens is 2. The monoisotopic (exact) mass is 335 g/mol. The maximum atomic E-state index is 13.6. The summed E-state index contributed by atoms with van der Waals surface area (Å²) in [5.74, 6) is -2.22. The predicted molar refractivity (Wildman–Crippen MR) is 86.2 cm³/mol. The second-order valence-electron chi connectivity index (χ2n) is 5.12. The summed E-state index contributed by atoms with van der Waals surface area (Å²) in [4.78, 5) is 23.6. The molecule has 0 atom stereocenters. The van der Waals surface area contributed by atoms with Crippen LogP contribution in [0, 0.1) is 19.7 Å². The number of amides is 1. The van der Waals surface area contributed by atoms with Crippen molar-refractivity contribution in [1.29, 1.82) is 0 Å². The summed E-state index contributed by atoms with van der Waals surface area (Å²) in [6, 6.07) is 9.16. The van der Waals surface area contributed by atoms with Crippen LogP contribution in [0.4, 0.5) is 10.1 Å². The van der Waals surface area contributed by atoms with Crippen LogP contribution < -0.4 is 5.32 Å². The molecule has 0 radical (unpaired) electrons. The van der Waals surface area contributed by atoms with E-state index in [0.29, 0.717) is 5.69 Å². The molecule has 0 aliphatic carbocycles. The van der Waals surface area contributed by atoms with Gasteiger partial charge < -0.3 is 10.1 Å². The molecule has 1 amide bonds. The van der Waals surface area contributed by atoms with Gasteiger partial charge in [0.05, 0.1) is 5.56 Å². The highest BCUT2D eigenvalue weighted by Gasteiger charge is 2.15. The summed E-state index contributed by atoms with van der Waals surface area (Å²) >= 11 is 5.61. The number of ether oxygens (including phenoxy) is 1. The molecule has 120 valence electrons. The highest BCUT2D eigenvalue weighted by molar-refractivity contribution is 6.30. The van der Waals surface area contributed by atoms with Crippen molar-refractivity contribution in [2.45, 2.75) is 13.8 Å². The van der Waals surface area contributed by atoms with Gasteiger partial charge in [-0.25, -0.2) is 9.18 Å². The van der Waals surface area contributed by atoms with Gasteiger partial charge in [0, 0.05) is 10.7 Å². The Morgan fingerprint density at radius 2 is 1.78 bits per heavy atom. The predicted octanol–water partition coefficient (Wildman–Crippen LogP) is 3.89. The van der Waals surface area contributed by atoms with Gasteiger partial charge >= 0.3 is 5.97 Å². The molecule has 0 unspecified atom stereocenters. The van der Waals surface area contributed by atoms with Crippen LogP contribution in [0.25, 0.3) is 0 Å². The van der Waals surface area contributed by atoms with Crippen molar-refractivity contribution >= 4 is 29.2 Å². The maximum absolute atomic E-state index is 13.6. The van der Waals surface area contributed by atoms with Crippen LogP contribution in [0.2, 0.25) is 5.02 Å². The van der Waals surface area contributed by atoms with Crippen LogP contribution in [0.1, 0.15) is 21.5 Å². The zero-order valence-electron chi connectivity index (χ0n) is 12.7. The van der Waals surface area contributed by atoms with E-state index >= 15 is 0 Å². The van der Waals surface area contributed by atoms with Gasteiger partial charge in [0.1, 0.15) is 5.82 Å². The van der Waals surface area contributed by atoms with Gasteiger partial charge in [-0.1, -0.05) is 17.7 Å². The average molecular weight is 336 g/mol. The third kappa shape index (κ3) is 4.79. The normalized spacial score (nSPS) is 10.3. The minimum absolute atomic E-state index is 0.173. The van der Waals surface area contributed by atoms with Gasteiger partial charge in [-0.2, -0.15) is 0 Å². The summed E-state index contributed by atoms with van der Waals surface area (Å²) in [7, 11) is 0. The molecule has 0 saturated carbocycles. The van der Waals surface area contributed by atoms with Crippen molar-refractivity contribution in [3.63, 3.8) is 0 Å². The standard InChI is InChI=1S/C17H15ClFNO3/c1-10-5-11(2)7-13(6-10)20-16(21)9-23-17(22)14-4-3-12(18)8-15(14)19/h3-8H,9H2,1-2H3,(H,20,21). The molecule has 2 rings (SSSR count). The second-order valence-corrected chi connectivity index (χ2v) is 5.56. The van der Waals surface area contributed by atoms with E-state index in [1.54, 1.807) is 12.1 Å². The first-order valence-corrected chi connectivity index (χ1v) is 7.23. The first-order chi connectivity index (χ1) is 10.8. The number of carbonyl (C=O) groups excluding carboxylic acids is 2. The van der Waals surface area contributed by atoms with Crippen molar-refractivity contribution in [1.82, 2.24) is 0 Å². The van der Waals surface area contributed by atoms with Crippen LogP contribution in [0.3, 0.4) is 0 Å². The van der Waals surface area contributed by atoms with E-state index in [0.717, 1.165) is 17.2 Å². The number of benzene rings is 2. The van der Waals surface area contributed by atoms with Crippen LogP contribution in [-0.2, 0) is 9.53 Å². The molecule has 1 N–H and O–H groups in total. The van der Waals surface area contributed by atoms with E-state index in [-0.39, 0.29) is 10.6 Å².